The summed E-state index contributed by atoms with van der Waals surface area (Å²) in [4.78, 5) is 181. The normalized spacial score (nSPS) is 27.7. The largest absolute Gasteiger partial charge is 0.508 e. The molecule has 4 fully saturated rings. The summed E-state index contributed by atoms with van der Waals surface area (Å²) < 4.78 is 62.7. The molecule has 2 aromatic carbocycles. The van der Waals surface area contributed by atoms with Gasteiger partial charge in [0.2, 0.25) is 23.6 Å². The van der Waals surface area contributed by atoms with Gasteiger partial charge in [0.25, 0.3) is 23.6 Å². The molecule has 730 valence electrons. The maximum atomic E-state index is 14.4. The number of allylic oxidation sites excluding steroid dienone is 7. The number of fused-ring (bicyclic) bond motifs is 4. The fourth-order valence-electron chi connectivity index (χ4n) is 15.1. The number of hydrogen-bond donors (Lipinski definition) is 12. The maximum Gasteiger partial charge on any atom is 0.340 e. The SMILES string of the molecule is CC(=O)CC[C@H]1C(=O)N[C@@H](C(C)C)C(=O)N[C@@H](Cc2cc(O)cc(F)c2)C(=O)N2CCCC(N2)C(=O)O[C@H](/C(C)=C/C=C/C(=O)N2CCCCO2)C/C=C/C=C/[C@H](O)[C@H](C)[C@H]1O.CC(=O)CC[C@H]1C(=O)N[C@@H](C(C)C)C(=O)N[C@@H](Cc2cc(O)cc(F)c2)C(=O)N2CCCC(N2)C(=O)O[C@H](/C=C/C=O)C/C=C/C=C/[C@H](O)[C@H](C)[C@H]1O.CCOP(=O)(CC(=O)N1CCCCO1)OCC. The van der Waals surface area contributed by atoms with Crippen LogP contribution in [0.5, 0.6) is 11.5 Å². The van der Waals surface area contributed by atoms with Gasteiger partial charge in [-0.05, 0) is 164 Å². The average Bonchev–Trinajstić information content (AvgIpc) is 0.824. The van der Waals surface area contributed by atoms with E-state index in [1.165, 1.54) is 90.6 Å². The van der Waals surface area contributed by atoms with E-state index < -0.39 is 186 Å². The van der Waals surface area contributed by atoms with Gasteiger partial charge in [0.15, 0.2) is 0 Å². The van der Waals surface area contributed by atoms with Gasteiger partial charge in [-0.3, -0.25) is 77.0 Å². The number of ether oxygens (including phenoxy) is 2. The van der Waals surface area contributed by atoms with Gasteiger partial charge in [-0.15, -0.1) is 0 Å². The maximum absolute atomic E-state index is 14.4. The van der Waals surface area contributed by atoms with E-state index in [0.29, 0.717) is 63.8 Å². The Hall–Kier alpha value is -10.4. The van der Waals surface area contributed by atoms with Crippen LogP contribution in [0.15, 0.2) is 121 Å². The highest BCUT2D eigenvalue weighted by molar-refractivity contribution is 7.54. The van der Waals surface area contributed by atoms with Gasteiger partial charge in [-0.25, -0.2) is 29.8 Å². The Labute approximate surface area is 769 Å². The number of amides is 8. The number of aldehydes is 1. The summed E-state index contributed by atoms with van der Waals surface area (Å²) in [5.74, 6) is -14.7. The van der Waals surface area contributed by atoms with Crippen LogP contribution in [0.4, 0.5) is 8.78 Å². The minimum Gasteiger partial charge on any atom is -0.508 e. The first-order valence-electron chi connectivity index (χ1n) is 45.0. The molecule has 132 heavy (non-hydrogen) atoms. The zero-order chi connectivity index (χ0) is 97.5. The van der Waals surface area contributed by atoms with Crippen molar-refractivity contribution in [3.63, 3.8) is 0 Å². The van der Waals surface area contributed by atoms with Gasteiger partial charge in [-0.2, -0.15) is 0 Å². The Balaban J connectivity index is 0.000000347. The second-order valence-corrected chi connectivity index (χ2v) is 36.1. The number of aliphatic hydroxyl groups is 4. The average molecular weight is 1880 g/mol. The first kappa shape index (κ1) is 110. The van der Waals surface area contributed by atoms with E-state index in [0.717, 1.165) is 55.0 Å². The summed E-state index contributed by atoms with van der Waals surface area (Å²) in [6.07, 6.45) is 17.1. The predicted molar refractivity (Wildman–Crippen MR) is 479 cm³/mol. The molecule has 16 atom stereocenters. The number of rotatable bonds is 23. The minimum atomic E-state index is -3.31. The van der Waals surface area contributed by atoms with E-state index in [1.807, 2.05) is 0 Å². The number of phenols is 2. The Kier molecular flexibility index (Phi) is 46.8. The zero-order valence-corrected chi connectivity index (χ0v) is 77.9. The van der Waals surface area contributed by atoms with Crippen LogP contribution < -0.4 is 32.1 Å². The summed E-state index contributed by atoms with van der Waals surface area (Å²) in [5, 5.41) is 80.6. The summed E-state index contributed by atoms with van der Waals surface area (Å²) in [5.41, 5.74) is 6.73. The van der Waals surface area contributed by atoms with Crippen molar-refractivity contribution >= 4 is 84.6 Å². The van der Waals surface area contributed by atoms with Crippen molar-refractivity contribution in [2.24, 2.45) is 35.5 Å². The van der Waals surface area contributed by atoms with E-state index in [1.54, 1.807) is 91.8 Å². The van der Waals surface area contributed by atoms with E-state index in [2.05, 4.69) is 32.1 Å². The lowest BCUT2D eigenvalue weighted by Crippen LogP contribution is -2.62. The fraction of sp³-hybridized carbons (Fsp3) is 0.581. The van der Waals surface area contributed by atoms with E-state index in [-0.39, 0.29) is 118 Å². The molecule has 4 bridgehead atoms. The first-order valence-corrected chi connectivity index (χ1v) is 46.7. The molecule has 2 aromatic rings. The number of hydrazine groups is 2. The van der Waals surface area contributed by atoms with E-state index >= 15 is 0 Å². The molecule has 36 nitrogen and oxygen atoms in total. The van der Waals surface area contributed by atoms with Gasteiger partial charge in [0, 0.05) is 94.7 Å². The molecule has 6 heterocycles. The summed E-state index contributed by atoms with van der Waals surface area (Å²) in [6, 6.07) is -0.785. The van der Waals surface area contributed by atoms with Crippen molar-refractivity contribution < 1.29 is 135 Å². The lowest BCUT2D eigenvalue weighted by atomic mass is 9.84. The molecular weight excluding hydrogens is 1740 g/mol. The summed E-state index contributed by atoms with van der Waals surface area (Å²) in [7, 11) is -3.31. The molecule has 4 saturated heterocycles. The molecule has 0 saturated carbocycles. The molecule has 0 aliphatic carbocycles. The zero-order valence-electron chi connectivity index (χ0n) is 77.0. The van der Waals surface area contributed by atoms with Crippen LogP contribution in [-0.4, -0.2) is 259 Å². The minimum absolute atomic E-state index is 0.0553. The number of hydrogen-bond acceptors (Lipinski definition) is 28. The van der Waals surface area contributed by atoms with Crippen molar-refractivity contribution in [3.8, 4) is 11.5 Å². The van der Waals surface area contributed by atoms with Gasteiger partial charge in [0.1, 0.15) is 95.6 Å². The summed E-state index contributed by atoms with van der Waals surface area (Å²) >= 11 is 0. The monoisotopic (exact) mass is 1870 g/mol. The third-order valence-corrected chi connectivity index (χ3v) is 24.6. The highest BCUT2D eigenvalue weighted by Crippen LogP contribution is 2.48. The van der Waals surface area contributed by atoms with Crippen molar-refractivity contribution in [1.29, 1.82) is 0 Å². The number of ketones is 2. The van der Waals surface area contributed by atoms with Crippen LogP contribution in [0.3, 0.4) is 0 Å². The number of carbonyl (C=O) groups excluding carboxylic acids is 13. The third-order valence-electron chi connectivity index (χ3n) is 22.6. The number of nitrogens with one attached hydrogen (secondary N) is 6. The highest BCUT2D eigenvalue weighted by Gasteiger charge is 2.43. The van der Waals surface area contributed by atoms with Gasteiger partial charge in [-0.1, -0.05) is 102 Å². The summed E-state index contributed by atoms with van der Waals surface area (Å²) in [6.45, 7) is 20.3. The van der Waals surface area contributed by atoms with E-state index in [9.17, 15) is 106 Å². The number of hydroxylamine groups is 4. The molecule has 6 aliphatic rings. The number of halogens is 2. The number of benzene rings is 2. The van der Waals surface area contributed by atoms with E-state index in [4.69, 9.17) is 28.2 Å². The van der Waals surface area contributed by atoms with Crippen LogP contribution in [0.2, 0.25) is 0 Å². The van der Waals surface area contributed by atoms with Crippen LogP contribution in [-0.2, 0) is 108 Å². The number of aliphatic hydroxyl groups excluding tert-OH is 4. The molecule has 12 N–H and O–H groups in total. The van der Waals surface area contributed by atoms with Crippen molar-refractivity contribution in [2.45, 2.75) is 252 Å². The second-order valence-electron chi connectivity index (χ2n) is 34.0. The molecule has 8 rings (SSSR count). The Bertz CT molecular complexity index is 4440. The van der Waals surface area contributed by atoms with Gasteiger partial charge >= 0.3 is 19.5 Å². The van der Waals surface area contributed by atoms with Crippen molar-refractivity contribution in [2.75, 3.05) is 58.8 Å². The molecule has 6 aliphatic heterocycles. The number of cyclic esters (lactones) is 2. The Morgan fingerprint density at radius 3 is 1.43 bits per heavy atom. The molecule has 0 radical (unpaired) electrons. The van der Waals surface area contributed by atoms with Gasteiger partial charge in [0.05, 0.1) is 62.7 Å². The fourth-order valence-corrected chi connectivity index (χ4v) is 16.6. The number of nitrogens with zero attached hydrogens (tertiary/aromatic N) is 4. The molecule has 2 unspecified atom stereocenters. The topological polar surface area (TPSA) is 501 Å². The van der Waals surface area contributed by atoms with Crippen LogP contribution in [0.1, 0.15) is 177 Å². The predicted octanol–water partition coefficient (Wildman–Crippen LogP) is 6.55. The van der Waals surface area contributed by atoms with Crippen LogP contribution >= 0.6 is 7.60 Å². The lowest BCUT2D eigenvalue weighted by Gasteiger charge is -2.36. The number of esters is 2. The third kappa shape index (κ3) is 36.5. The Morgan fingerprint density at radius 1 is 0.568 bits per heavy atom. The number of Topliss-reactive ketones (excluding diaryl/α,β-unsaturated/α-hetero) is 2. The standard InChI is InChI=1S/C45H62FN5O11.C38H51FN4O10.C10H20NO5P/c1-27(2)40-43(58)47-36(25-31-23-32(46)26-33(53)24-31)44(59)50-20-12-14-35(49-50)45(60)62-38(28(3)13-11-17-39(55)51-21-9-10-22-61-51)16-8-6-7-15-37(54)30(5)41(56)34(42(57)48-40)19-18-29(4)52;1-22(2)33-36(50)40-31(20-25-18-26(39)21-27(46)19-25)37(51)43-16-8-12-30(42-43)38(52)53-28(11-9-17-44)10-6-5-7-13-32(47)24(4)34(48)29(35(49)41-33)15-14-23(3)45;1-3-15-17(13,16-4-2)9-10(12)11-7-5-6-8-14-11/h6-8,11,13,15,17,23-24,26-27,30,34-38,40-41,49,53-54,56H,9-10,12,14,16,18-22,25H2,1-5H3,(H,47,58)(H,48,57);5-7,9,11,13,17-19,21-22,24,28-34,42,46-48H,8,10,12,14-16,20H2,1-4H3,(H,40,50)(H,41,49);3-9H2,1-2H3/b8-6+,15-7+,17-11+,28-13+;6-5+,11-9+,13-7+;/t30-,34+,35?,36-,37-,38-,40-,41+;24-,28-,29+,30?,31-,32-,33-,34+;/m00./s1. The number of carbonyl (C=O) groups is 13. The van der Waals surface area contributed by atoms with Crippen molar-refractivity contribution in [1.82, 2.24) is 52.3 Å². The number of phenolic OH excluding ortho intramolecular Hbond substituents is 2. The van der Waals surface area contributed by atoms with Crippen LogP contribution in [0.25, 0.3) is 0 Å². The molecule has 0 aromatic heterocycles. The molecule has 39 heteroatoms. The smallest absolute Gasteiger partial charge is 0.340 e. The molecule has 0 spiro atoms. The van der Waals surface area contributed by atoms with Crippen molar-refractivity contribution in [3.05, 3.63) is 144 Å². The highest BCUT2D eigenvalue weighted by atomic mass is 31.2. The number of aromatic hydroxyl groups is 2. The molecule has 8 amide bonds. The Morgan fingerprint density at radius 2 is 1.02 bits per heavy atom. The molecular formula is C93H133F2N10O26P. The van der Waals surface area contributed by atoms with Crippen LogP contribution in [0, 0.1) is 47.1 Å². The second kappa shape index (κ2) is 56.0. The van der Waals surface area contributed by atoms with Gasteiger partial charge < -0.3 is 80.0 Å². The lowest BCUT2D eigenvalue weighted by molar-refractivity contribution is -0.194. The first-order chi connectivity index (χ1) is 62.7. The quantitative estimate of drug-likeness (QED) is 0.0184.